The zero-order valence-corrected chi connectivity index (χ0v) is 20.2. The van der Waals surface area contributed by atoms with Crippen molar-refractivity contribution in [2.75, 3.05) is 23.3 Å². The Kier molecular flexibility index (Phi) is 6.14. The molecule has 2 N–H and O–H groups in total. The summed E-state index contributed by atoms with van der Waals surface area (Å²) in [6, 6.07) is 17.4. The van der Waals surface area contributed by atoms with Gasteiger partial charge in [-0.25, -0.2) is 8.42 Å². The molecule has 0 radical (unpaired) electrons. The van der Waals surface area contributed by atoms with Crippen LogP contribution in [0.5, 0.6) is 11.5 Å². The van der Waals surface area contributed by atoms with Gasteiger partial charge in [-0.1, -0.05) is 17.7 Å². The zero-order valence-electron chi connectivity index (χ0n) is 18.5. The normalized spacial score (nSPS) is 16.9. The monoisotopic (exact) mass is 496 g/mol. The van der Waals surface area contributed by atoms with Crippen LogP contribution in [0.2, 0.25) is 0 Å². The Hall–Kier alpha value is -3.17. The van der Waals surface area contributed by atoms with Crippen molar-refractivity contribution in [1.29, 1.82) is 0 Å². The Bertz CT molecular complexity index is 1340. The lowest BCUT2D eigenvalue weighted by molar-refractivity contribution is -0.115. The van der Waals surface area contributed by atoms with E-state index in [0.29, 0.717) is 42.5 Å². The fraction of sp³-hybridized carbons (Fsp3) is 0.240. The van der Waals surface area contributed by atoms with E-state index in [1.807, 2.05) is 6.92 Å². The Morgan fingerprint density at radius 3 is 2.47 bits per heavy atom. The third kappa shape index (κ3) is 4.85. The molecule has 2 aliphatic heterocycles. The molecule has 0 spiro atoms. The highest BCUT2D eigenvalue weighted by atomic mass is 32.2. The van der Waals surface area contributed by atoms with E-state index in [0.717, 1.165) is 11.3 Å². The van der Waals surface area contributed by atoms with Crippen molar-refractivity contribution in [2.45, 2.75) is 34.8 Å². The number of amides is 1. The summed E-state index contributed by atoms with van der Waals surface area (Å²) < 4.78 is 39.5. The molecule has 0 aromatic heterocycles. The number of aryl methyl sites for hydroxylation is 1. The molecule has 7 nitrogen and oxygen atoms in total. The third-order valence-corrected chi connectivity index (χ3v) is 8.30. The van der Waals surface area contributed by atoms with Crippen LogP contribution >= 0.6 is 11.8 Å². The highest BCUT2D eigenvalue weighted by Crippen LogP contribution is 2.38. The molecule has 0 bridgehead atoms. The second kappa shape index (κ2) is 9.23. The number of ether oxygens (including phenoxy) is 2. The molecule has 9 heteroatoms. The largest absolute Gasteiger partial charge is 0.490 e. The smallest absolute Gasteiger partial charge is 0.262 e. The SMILES string of the molecule is Cc1ccc2c(c1)SC(C(=O)Nc1ccc(NS(=O)(=O)c3ccc4c(c3)OCCCO4)cc1)C2. The first-order valence-corrected chi connectivity index (χ1v) is 13.3. The number of sulfonamides is 1. The fourth-order valence-electron chi connectivity index (χ4n) is 3.85. The van der Waals surface area contributed by atoms with Gasteiger partial charge in [0.2, 0.25) is 5.91 Å². The summed E-state index contributed by atoms with van der Waals surface area (Å²) >= 11 is 1.57. The number of fused-ring (bicyclic) bond motifs is 2. The molecule has 0 saturated carbocycles. The van der Waals surface area contributed by atoms with E-state index in [-0.39, 0.29) is 16.1 Å². The topological polar surface area (TPSA) is 93.7 Å². The number of carbonyl (C=O) groups excluding carboxylic acids is 1. The van der Waals surface area contributed by atoms with Crippen molar-refractivity contribution in [2.24, 2.45) is 0 Å². The predicted octanol–water partition coefficient (Wildman–Crippen LogP) is 4.61. The predicted molar refractivity (Wildman–Crippen MR) is 132 cm³/mol. The summed E-state index contributed by atoms with van der Waals surface area (Å²) in [7, 11) is -3.82. The summed E-state index contributed by atoms with van der Waals surface area (Å²) in [6.07, 6.45) is 1.43. The minimum absolute atomic E-state index is 0.0700. The van der Waals surface area contributed by atoms with E-state index in [2.05, 4.69) is 28.2 Å². The Morgan fingerprint density at radius 1 is 0.941 bits per heavy atom. The van der Waals surface area contributed by atoms with Gasteiger partial charge in [-0.05, 0) is 61.4 Å². The Balaban J connectivity index is 1.23. The molecule has 2 aliphatic rings. The van der Waals surface area contributed by atoms with Gasteiger partial charge in [-0.15, -0.1) is 11.8 Å². The van der Waals surface area contributed by atoms with Crippen LogP contribution < -0.4 is 19.5 Å². The van der Waals surface area contributed by atoms with Crippen LogP contribution in [0.1, 0.15) is 17.5 Å². The van der Waals surface area contributed by atoms with Crippen LogP contribution in [0, 0.1) is 6.92 Å². The van der Waals surface area contributed by atoms with E-state index in [4.69, 9.17) is 9.47 Å². The average molecular weight is 497 g/mol. The minimum Gasteiger partial charge on any atom is -0.490 e. The lowest BCUT2D eigenvalue weighted by Crippen LogP contribution is -2.24. The first-order chi connectivity index (χ1) is 16.4. The third-order valence-electron chi connectivity index (χ3n) is 5.62. The maximum atomic E-state index is 12.9. The number of hydrogen-bond donors (Lipinski definition) is 2. The van der Waals surface area contributed by atoms with E-state index in [1.165, 1.54) is 23.3 Å². The lowest BCUT2D eigenvalue weighted by Gasteiger charge is -2.13. The zero-order chi connectivity index (χ0) is 23.7. The van der Waals surface area contributed by atoms with Gasteiger partial charge in [-0.2, -0.15) is 0 Å². The maximum Gasteiger partial charge on any atom is 0.262 e. The number of nitrogens with one attached hydrogen (secondary N) is 2. The van der Waals surface area contributed by atoms with Gasteiger partial charge in [0, 0.05) is 28.8 Å². The van der Waals surface area contributed by atoms with Crippen molar-refractivity contribution in [1.82, 2.24) is 0 Å². The minimum atomic E-state index is -3.82. The van der Waals surface area contributed by atoms with E-state index in [9.17, 15) is 13.2 Å². The molecule has 5 rings (SSSR count). The van der Waals surface area contributed by atoms with Crippen LogP contribution in [0.3, 0.4) is 0 Å². The Morgan fingerprint density at radius 2 is 1.68 bits per heavy atom. The molecular formula is C25H24N2O5S2. The standard InChI is InChI=1S/C25H24N2O5S2/c1-16-3-4-17-14-24(33-23(17)13-16)25(28)26-18-5-7-19(8-6-18)27-34(29,30)20-9-10-21-22(15-20)32-12-2-11-31-21/h3-10,13,15,24,27H,2,11-12,14H2,1H3,(H,26,28). The summed E-state index contributed by atoms with van der Waals surface area (Å²) in [4.78, 5) is 14.0. The van der Waals surface area contributed by atoms with Gasteiger partial charge in [0.15, 0.2) is 11.5 Å². The molecule has 3 aromatic carbocycles. The van der Waals surface area contributed by atoms with Crippen LogP contribution in [0.4, 0.5) is 11.4 Å². The summed E-state index contributed by atoms with van der Waals surface area (Å²) in [5.41, 5.74) is 3.37. The molecule has 0 fully saturated rings. The molecule has 0 aliphatic carbocycles. The molecular weight excluding hydrogens is 472 g/mol. The first kappa shape index (κ1) is 22.6. The van der Waals surface area contributed by atoms with E-state index < -0.39 is 10.0 Å². The van der Waals surface area contributed by atoms with Gasteiger partial charge in [-0.3, -0.25) is 9.52 Å². The van der Waals surface area contributed by atoms with Gasteiger partial charge < -0.3 is 14.8 Å². The van der Waals surface area contributed by atoms with Gasteiger partial charge >= 0.3 is 0 Å². The van der Waals surface area contributed by atoms with E-state index in [1.54, 1.807) is 42.1 Å². The van der Waals surface area contributed by atoms with Crippen molar-refractivity contribution in [3.63, 3.8) is 0 Å². The molecule has 0 saturated heterocycles. The van der Waals surface area contributed by atoms with Crippen molar-refractivity contribution < 1.29 is 22.7 Å². The molecule has 2 heterocycles. The number of benzene rings is 3. The maximum absolute atomic E-state index is 12.9. The second-order valence-corrected chi connectivity index (χ2v) is 11.2. The number of thioether (sulfide) groups is 1. The quantitative estimate of drug-likeness (QED) is 0.536. The molecule has 34 heavy (non-hydrogen) atoms. The van der Waals surface area contributed by atoms with Crippen LogP contribution in [0.15, 0.2) is 70.5 Å². The molecule has 1 atom stereocenters. The number of carbonyl (C=O) groups is 1. The number of hydrogen-bond acceptors (Lipinski definition) is 6. The average Bonchev–Trinajstić information content (AvgIpc) is 3.09. The second-order valence-electron chi connectivity index (χ2n) is 8.25. The summed E-state index contributed by atoms with van der Waals surface area (Å²) in [5.74, 6) is 0.884. The van der Waals surface area contributed by atoms with E-state index >= 15 is 0 Å². The van der Waals surface area contributed by atoms with Crippen LogP contribution in [0.25, 0.3) is 0 Å². The molecule has 176 valence electrons. The van der Waals surface area contributed by atoms with Gasteiger partial charge in [0.1, 0.15) is 0 Å². The molecule has 3 aromatic rings. The van der Waals surface area contributed by atoms with Gasteiger partial charge in [0.05, 0.1) is 23.4 Å². The highest BCUT2D eigenvalue weighted by Gasteiger charge is 2.28. The summed E-state index contributed by atoms with van der Waals surface area (Å²) in [5, 5.41) is 2.74. The van der Waals surface area contributed by atoms with Crippen molar-refractivity contribution >= 4 is 39.1 Å². The van der Waals surface area contributed by atoms with Crippen molar-refractivity contribution in [3.8, 4) is 11.5 Å². The molecule has 1 amide bonds. The number of anilines is 2. The van der Waals surface area contributed by atoms with Crippen LogP contribution in [-0.2, 0) is 21.2 Å². The first-order valence-electron chi connectivity index (χ1n) is 11.0. The van der Waals surface area contributed by atoms with Gasteiger partial charge in [0.25, 0.3) is 10.0 Å². The Labute approximate surface area is 202 Å². The fourth-order valence-corrected chi connectivity index (χ4v) is 6.22. The van der Waals surface area contributed by atoms with Crippen LogP contribution in [-0.4, -0.2) is 32.8 Å². The van der Waals surface area contributed by atoms with Crippen molar-refractivity contribution in [3.05, 3.63) is 71.8 Å². The molecule has 1 unspecified atom stereocenters. The number of rotatable bonds is 5. The summed E-state index contributed by atoms with van der Waals surface area (Å²) in [6.45, 7) is 3.05. The highest BCUT2D eigenvalue weighted by molar-refractivity contribution is 8.01. The lowest BCUT2D eigenvalue weighted by atomic mass is 10.1.